The molecule has 10 heteroatoms. The maximum absolute atomic E-state index is 12.6. The first-order valence-corrected chi connectivity index (χ1v) is 8.62. The van der Waals surface area contributed by atoms with E-state index in [2.05, 4.69) is 14.9 Å². The highest BCUT2D eigenvalue weighted by Gasteiger charge is 2.36. The third-order valence-corrected chi connectivity index (χ3v) is 5.29. The van der Waals surface area contributed by atoms with E-state index in [0.717, 1.165) is 30.1 Å². The molecule has 2 aliphatic heterocycles. The summed E-state index contributed by atoms with van der Waals surface area (Å²) < 4.78 is 5.34. The molecule has 2 atom stereocenters. The number of nitrogens with zero attached hydrogens (tertiary/aromatic N) is 4. The number of carboxylic acid groups (broad SMARTS) is 1. The van der Waals surface area contributed by atoms with Gasteiger partial charge in [-0.2, -0.15) is 0 Å². The first-order chi connectivity index (χ1) is 12.0. The van der Waals surface area contributed by atoms with E-state index in [9.17, 15) is 14.4 Å². The first kappa shape index (κ1) is 15.8. The van der Waals surface area contributed by atoms with Crippen LogP contribution < -0.4 is 10.9 Å². The lowest BCUT2D eigenvalue weighted by atomic mass is 9.86. The van der Waals surface area contributed by atoms with Crippen molar-refractivity contribution in [2.24, 2.45) is 5.92 Å². The molecule has 0 aromatic carbocycles. The molecule has 2 unspecified atom stereocenters. The minimum absolute atomic E-state index is 0.0528. The molecule has 0 spiro atoms. The molecule has 4 rings (SSSR count). The summed E-state index contributed by atoms with van der Waals surface area (Å²) in [5.74, 6) is -0.954. The number of carbonyl (C=O) groups is 2. The molecule has 2 aliphatic rings. The van der Waals surface area contributed by atoms with Crippen molar-refractivity contribution in [3.05, 3.63) is 39.9 Å². The Kier molecular flexibility index (Phi) is 3.75. The van der Waals surface area contributed by atoms with Gasteiger partial charge in [0.15, 0.2) is 5.00 Å². The van der Waals surface area contributed by atoms with Crippen LogP contribution in [-0.4, -0.2) is 49.3 Å². The Morgan fingerprint density at radius 2 is 2.16 bits per heavy atom. The molecule has 130 valence electrons. The van der Waals surface area contributed by atoms with Crippen molar-refractivity contribution in [2.75, 3.05) is 18.4 Å². The number of carboxylic acids is 1. The molecule has 0 saturated carbocycles. The highest BCUT2D eigenvalue weighted by molar-refractivity contribution is 7.10. The zero-order valence-electron chi connectivity index (χ0n) is 13.1. The van der Waals surface area contributed by atoms with Crippen molar-refractivity contribution in [2.45, 2.75) is 18.9 Å². The number of nitrogens with one attached hydrogen (secondary N) is 1. The van der Waals surface area contributed by atoms with Crippen molar-refractivity contribution < 1.29 is 14.7 Å². The van der Waals surface area contributed by atoms with Crippen LogP contribution in [0.5, 0.6) is 0 Å². The summed E-state index contributed by atoms with van der Waals surface area (Å²) in [7, 11) is 0. The molecule has 0 radical (unpaired) electrons. The summed E-state index contributed by atoms with van der Waals surface area (Å²) in [6.07, 6.45) is 1.61. The monoisotopic (exact) mass is 361 g/mol. The lowest BCUT2D eigenvalue weighted by Gasteiger charge is -2.42. The van der Waals surface area contributed by atoms with E-state index in [4.69, 9.17) is 5.11 Å². The number of hydrogen-bond acceptors (Lipinski definition) is 6. The number of aromatic nitrogens is 3. The van der Waals surface area contributed by atoms with Crippen molar-refractivity contribution in [1.29, 1.82) is 0 Å². The summed E-state index contributed by atoms with van der Waals surface area (Å²) in [5.41, 5.74) is 0.689. The molecule has 2 aromatic rings. The Morgan fingerprint density at radius 3 is 2.96 bits per heavy atom. The number of rotatable bonds is 2. The number of aromatic carboxylic acids is 1. The van der Waals surface area contributed by atoms with Crippen LogP contribution in [0.25, 0.3) is 0 Å². The molecule has 2 aromatic heterocycles. The van der Waals surface area contributed by atoms with Crippen LogP contribution in [0.15, 0.2) is 23.0 Å². The molecule has 1 fully saturated rings. The number of carbonyl (C=O) groups excluding carboxylic acids is 1. The van der Waals surface area contributed by atoms with Gasteiger partial charge < -0.3 is 14.6 Å². The molecule has 2 N–H and O–H groups in total. The zero-order chi connectivity index (χ0) is 17.6. The maximum Gasteiger partial charge on any atom is 0.359 e. The topological polar surface area (TPSA) is 117 Å². The third kappa shape index (κ3) is 2.78. The van der Waals surface area contributed by atoms with Gasteiger partial charge in [-0.1, -0.05) is 10.6 Å². The molecule has 2 bridgehead atoms. The largest absolute Gasteiger partial charge is 0.476 e. The van der Waals surface area contributed by atoms with E-state index in [1.165, 1.54) is 6.07 Å². The summed E-state index contributed by atoms with van der Waals surface area (Å²) in [6, 6.07) is 4.81. The summed E-state index contributed by atoms with van der Waals surface area (Å²) >= 11 is 0.827. The second-order valence-electron chi connectivity index (χ2n) is 6.28. The predicted molar refractivity (Wildman–Crippen MR) is 89.0 cm³/mol. The van der Waals surface area contributed by atoms with Gasteiger partial charge in [0.2, 0.25) is 5.69 Å². The van der Waals surface area contributed by atoms with Gasteiger partial charge in [0, 0.05) is 36.4 Å². The fourth-order valence-electron chi connectivity index (χ4n) is 3.68. The predicted octanol–water partition coefficient (Wildman–Crippen LogP) is 1.05. The number of piperidine rings is 1. The number of fused-ring (bicyclic) bond motifs is 4. The van der Waals surface area contributed by atoms with E-state index in [0.29, 0.717) is 13.1 Å². The molecule has 25 heavy (non-hydrogen) atoms. The second kappa shape index (κ2) is 5.96. The molecular weight excluding hydrogens is 346 g/mol. The van der Waals surface area contributed by atoms with Gasteiger partial charge in [0.1, 0.15) is 0 Å². The van der Waals surface area contributed by atoms with E-state index in [1.54, 1.807) is 15.5 Å². The van der Waals surface area contributed by atoms with Gasteiger partial charge in [-0.25, -0.2) is 9.59 Å². The number of urea groups is 1. The number of pyridine rings is 1. The Bertz CT molecular complexity index is 907. The number of anilines is 1. The zero-order valence-corrected chi connectivity index (χ0v) is 13.9. The fourth-order valence-corrected chi connectivity index (χ4v) is 4.24. The van der Waals surface area contributed by atoms with Gasteiger partial charge in [0.05, 0.1) is 6.04 Å². The van der Waals surface area contributed by atoms with E-state index in [-0.39, 0.29) is 28.2 Å². The van der Waals surface area contributed by atoms with Gasteiger partial charge in [-0.15, -0.1) is 5.10 Å². The maximum atomic E-state index is 12.6. The van der Waals surface area contributed by atoms with E-state index >= 15 is 0 Å². The van der Waals surface area contributed by atoms with Crippen LogP contribution in [0.4, 0.5) is 9.80 Å². The standard InChI is InChI=1S/C15H15N5O4S/c21-11-3-1-2-9-4-8-5-10(20(9)11)7-19(6-8)15(24)16-13-12(14(22)23)17-18-25-13/h1-3,8,10H,4-7H2,(H,16,24)(H,22,23). The van der Waals surface area contributed by atoms with Crippen LogP contribution in [-0.2, 0) is 6.42 Å². The SMILES string of the molecule is O=C(O)c1nnsc1NC(=O)N1CC2Cc3cccc(=O)n3C(C2)C1. The summed E-state index contributed by atoms with van der Waals surface area (Å²) in [4.78, 5) is 37.4. The quantitative estimate of drug-likeness (QED) is 0.825. The molecule has 2 amide bonds. The Hall–Kier alpha value is -2.75. The van der Waals surface area contributed by atoms with Crippen molar-refractivity contribution >= 4 is 28.5 Å². The van der Waals surface area contributed by atoms with Crippen LogP contribution >= 0.6 is 11.5 Å². The normalized spacial score (nSPS) is 21.5. The minimum Gasteiger partial charge on any atom is -0.476 e. The number of amides is 2. The Morgan fingerprint density at radius 1 is 1.32 bits per heavy atom. The van der Waals surface area contributed by atoms with Crippen molar-refractivity contribution in [1.82, 2.24) is 19.1 Å². The van der Waals surface area contributed by atoms with E-state index in [1.807, 2.05) is 6.07 Å². The number of hydrogen-bond donors (Lipinski definition) is 2. The molecule has 9 nitrogen and oxygen atoms in total. The van der Waals surface area contributed by atoms with Crippen LogP contribution in [0.3, 0.4) is 0 Å². The second-order valence-corrected chi connectivity index (χ2v) is 7.03. The molecule has 4 heterocycles. The lowest BCUT2D eigenvalue weighted by Crippen LogP contribution is -2.51. The average Bonchev–Trinajstić information content (AvgIpc) is 3.02. The average molecular weight is 361 g/mol. The summed E-state index contributed by atoms with van der Waals surface area (Å²) in [6.45, 7) is 0.980. The highest BCUT2D eigenvalue weighted by atomic mass is 32.1. The van der Waals surface area contributed by atoms with Gasteiger partial charge >= 0.3 is 12.0 Å². The van der Waals surface area contributed by atoms with Gasteiger partial charge in [0.25, 0.3) is 5.56 Å². The van der Waals surface area contributed by atoms with E-state index < -0.39 is 12.0 Å². The van der Waals surface area contributed by atoms with Gasteiger partial charge in [-0.05, 0) is 24.8 Å². The molecular formula is C15H15N5O4S. The van der Waals surface area contributed by atoms with Crippen LogP contribution in [0, 0.1) is 5.92 Å². The highest BCUT2D eigenvalue weighted by Crippen LogP contribution is 2.33. The smallest absolute Gasteiger partial charge is 0.359 e. The Balaban J connectivity index is 1.55. The molecule has 1 saturated heterocycles. The molecule has 0 aliphatic carbocycles. The Labute approximate surface area is 146 Å². The first-order valence-electron chi connectivity index (χ1n) is 7.85. The van der Waals surface area contributed by atoms with Crippen molar-refractivity contribution in [3.63, 3.8) is 0 Å². The van der Waals surface area contributed by atoms with Gasteiger partial charge in [-0.3, -0.25) is 10.1 Å². The van der Waals surface area contributed by atoms with Crippen LogP contribution in [0.2, 0.25) is 0 Å². The van der Waals surface area contributed by atoms with Crippen molar-refractivity contribution in [3.8, 4) is 0 Å². The lowest BCUT2D eigenvalue weighted by molar-refractivity contribution is 0.0691. The van der Waals surface area contributed by atoms with Crippen LogP contribution in [0.1, 0.15) is 28.6 Å². The third-order valence-electron chi connectivity index (χ3n) is 4.65. The summed E-state index contributed by atoms with van der Waals surface area (Å²) in [5, 5.41) is 15.3. The fraction of sp³-hybridized carbons (Fsp3) is 0.400. The number of likely N-dealkylation sites (tertiary alicyclic amines) is 1. The minimum atomic E-state index is -1.24.